The van der Waals surface area contributed by atoms with Gasteiger partial charge in [-0.05, 0) is 56.2 Å². The lowest BCUT2D eigenvalue weighted by molar-refractivity contribution is 0.282. The molecule has 1 aromatic carbocycles. The zero-order valence-corrected chi connectivity index (χ0v) is 18.2. The van der Waals surface area contributed by atoms with Crippen LogP contribution in [0, 0.1) is 0 Å². The first-order valence-corrected chi connectivity index (χ1v) is 11.5. The summed E-state index contributed by atoms with van der Waals surface area (Å²) in [6.45, 7) is 0.818. The molecular formula is C25H30N6O. The zero-order chi connectivity index (χ0) is 21.9. The molecule has 0 spiro atoms. The maximum atomic E-state index is 9.98. The Bertz CT molecular complexity index is 1070. The molecule has 32 heavy (non-hydrogen) atoms. The van der Waals surface area contributed by atoms with Gasteiger partial charge in [-0.25, -0.2) is 9.97 Å². The van der Waals surface area contributed by atoms with E-state index in [2.05, 4.69) is 21.3 Å². The van der Waals surface area contributed by atoms with E-state index in [4.69, 9.17) is 15.7 Å². The van der Waals surface area contributed by atoms with Crippen LogP contribution in [0.15, 0.2) is 48.7 Å². The lowest BCUT2D eigenvalue weighted by atomic mass is 9.92. The lowest BCUT2D eigenvalue weighted by Gasteiger charge is -2.31. The quantitative estimate of drug-likeness (QED) is 0.566. The van der Waals surface area contributed by atoms with Gasteiger partial charge in [-0.2, -0.15) is 4.98 Å². The number of nitrogens with zero attached hydrogens (tertiary/aromatic N) is 4. The normalized spacial score (nSPS) is 20.6. The molecule has 4 N–H and O–H groups in total. The molecule has 2 aromatic heterocycles. The van der Waals surface area contributed by atoms with E-state index < -0.39 is 0 Å². The van der Waals surface area contributed by atoms with Crippen LogP contribution in [0.4, 0.5) is 17.6 Å². The number of fused-ring (bicyclic) bond motifs is 1. The topological polar surface area (TPSA) is 100 Å². The van der Waals surface area contributed by atoms with Gasteiger partial charge in [0.1, 0.15) is 11.6 Å². The second-order valence-electron chi connectivity index (χ2n) is 8.75. The molecule has 0 bridgehead atoms. The summed E-state index contributed by atoms with van der Waals surface area (Å²) in [6.07, 6.45) is 7.94. The number of nitrogens with one attached hydrogen (secondary N) is 1. The summed E-state index contributed by atoms with van der Waals surface area (Å²) in [4.78, 5) is 16.5. The molecule has 7 heteroatoms. The van der Waals surface area contributed by atoms with Crippen LogP contribution in [0.3, 0.4) is 0 Å². The van der Waals surface area contributed by atoms with Crippen molar-refractivity contribution in [3.05, 3.63) is 59.8 Å². The Labute approximate surface area is 188 Å². The molecule has 5 rings (SSSR count). The van der Waals surface area contributed by atoms with Crippen LogP contribution in [0.1, 0.15) is 43.2 Å². The van der Waals surface area contributed by atoms with Crippen LogP contribution in [0.2, 0.25) is 0 Å². The highest BCUT2D eigenvalue weighted by Crippen LogP contribution is 2.35. The number of aliphatic hydroxyl groups is 1. The Morgan fingerprint density at radius 3 is 2.66 bits per heavy atom. The van der Waals surface area contributed by atoms with E-state index in [0.29, 0.717) is 18.0 Å². The van der Waals surface area contributed by atoms with Crippen molar-refractivity contribution in [2.75, 3.05) is 16.8 Å². The number of hydrogen-bond donors (Lipinski definition) is 3. The second-order valence-corrected chi connectivity index (χ2v) is 8.75. The van der Waals surface area contributed by atoms with E-state index in [9.17, 15) is 5.11 Å². The van der Waals surface area contributed by atoms with E-state index in [0.717, 1.165) is 79.1 Å². The smallest absolute Gasteiger partial charge is 0.224 e. The maximum Gasteiger partial charge on any atom is 0.224 e. The molecule has 1 fully saturated rings. The number of anilines is 3. The van der Waals surface area contributed by atoms with E-state index >= 15 is 0 Å². The van der Waals surface area contributed by atoms with Gasteiger partial charge in [0.05, 0.1) is 12.3 Å². The molecule has 1 aliphatic carbocycles. The number of rotatable bonds is 5. The number of benzene rings is 1. The third-order valence-corrected chi connectivity index (χ3v) is 6.48. The SMILES string of the molecule is N[C@H]1CC[C@H](Nc2nccc(N3CCCc4cc(CO)c(-c5ccccc5)nc43)n2)CC1. The first kappa shape index (κ1) is 20.8. The fourth-order valence-electron chi connectivity index (χ4n) is 4.75. The van der Waals surface area contributed by atoms with Gasteiger partial charge in [-0.15, -0.1) is 0 Å². The Morgan fingerprint density at radius 1 is 1.06 bits per heavy atom. The third kappa shape index (κ3) is 4.31. The molecular weight excluding hydrogens is 400 g/mol. The number of aromatic nitrogens is 3. The number of aliphatic hydroxyl groups excluding tert-OH is 1. The highest BCUT2D eigenvalue weighted by Gasteiger charge is 2.24. The van der Waals surface area contributed by atoms with Crippen molar-refractivity contribution in [1.82, 2.24) is 15.0 Å². The van der Waals surface area contributed by atoms with Crippen molar-refractivity contribution in [3.63, 3.8) is 0 Å². The van der Waals surface area contributed by atoms with Crippen LogP contribution in [-0.4, -0.2) is 38.7 Å². The Hall–Kier alpha value is -3.03. The number of hydrogen-bond acceptors (Lipinski definition) is 7. The molecule has 1 saturated carbocycles. The molecule has 3 heterocycles. The first-order chi connectivity index (χ1) is 15.7. The molecule has 0 saturated heterocycles. The van der Waals surface area contributed by atoms with Crippen LogP contribution in [0.25, 0.3) is 11.3 Å². The molecule has 166 valence electrons. The summed E-state index contributed by atoms with van der Waals surface area (Å²) in [7, 11) is 0. The molecule has 0 atom stereocenters. The fraction of sp³-hybridized carbons (Fsp3) is 0.400. The Morgan fingerprint density at radius 2 is 1.88 bits per heavy atom. The monoisotopic (exact) mass is 430 g/mol. The van der Waals surface area contributed by atoms with Gasteiger partial charge in [0.15, 0.2) is 0 Å². The Balaban J connectivity index is 1.46. The molecule has 7 nitrogen and oxygen atoms in total. The third-order valence-electron chi connectivity index (χ3n) is 6.48. The Kier molecular flexibility index (Phi) is 6.01. The van der Waals surface area contributed by atoms with Crippen molar-refractivity contribution in [2.24, 2.45) is 5.73 Å². The van der Waals surface area contributed by atoms with E-state index in [1.54, 1.807) is 0 Å². The minimum Gasteiger partial charge on any atom is -0.392 e. The van der Waals surface area contributed by atoms with Gasteiger partial charge in [0.2, 0.25) is 5.95 Å². The van der Waals surface area contributed by atoms with Gasteiger partial charge in [-0.1, -0.05) is 30.3 Å². The summed E-state index contributed by atoms with van der Waals surface area (Å²) in [5.41, 5.74) is 9.88. The van der Waals surface area contributed by atoms with E-state index in [1.807, 2.05) is 42.6 Å². The van der Waals surface area contributed by atoms with Crippen molar-refractivity contribution in [2.45, 2.75) is 57.2 Å². The minimum atomic E-state index is -0.0306. The summed E-state index contributed by atoms with van der Waals surface area (Å²) in [5.74, 6) is 2.42. The average molecular weight is 431 g/mol. The van der Waals surface area contributed by atoms with Gasteiger partial charge in [-0.3, -0.25) is 0 Å². The largest absolute Gasteiger partial charge is 0.392 e. The average Bonchev–Trinajstić information content (AvgIpc) is 2.85. The van der Waals surface area contributed by atoms with Crippen molar-refractivity contribution in [1.29, 1.82) is 0 Å². The summed E-state index contributed by atoms with van der Waals surface area (Å²) in [5, 5.41) is 13.5. The maximum absolute atomic E-state index is 9.98. The number of pyridine rings is 1. The minimum absolute atomic E-state index is 0.0306. The van der Waals surface area contributed by atoms with Gasteiger partial charge in [0, 0.05) is 36.0 Å². The summed E-state index contributed by atoms with van der Waals surface area (Å²) >= 11 is 0. The molecule has 2 aliphatic rings. The summed E-state index contributed by atoms with van der Waals surface area (Å²) in [6, 6.07) is 14.8. The zero-order valence-electron chi connectivity index (χ0n) is 18.2. The van der Waals surface area contributed by atoms with Gasteiger partial charge in [0.25, 0.3) is 0 Å². The fourth-order valence-corrected chi connectivity index (χ4v) is 4.75. The number of aryl methyl sites for hydroxylation is 1. The van der Waals surface area contributed by atoms with E-state index in [-0.39, 0.29) is 6.61 Å². The van der Waals surface area contributed by atoms with Crippen molar-refractivity contribution < 1.29 is 5.11 Å². The predicted molar refractivity (Wildman–Crippen MR) is 127 cm³/mol. The second kappa shape index (κ2) is 9.22. The summed E-state index contributed by atoms with van der Waals surface area (Å²) < 4.78 is 0. The highest BCUT2D eigenvalue weighted by atomic mass is 16.3. The lowest BCUT2D eigenvalue weighted by Crippen LogP contribution is -2.33. The predicted octanol–water partition coefficient (Wildman–Crippen LogP) is 3.80. The first-order valence-electron chi connectivity index (χ1n) is 11.5. The van der Waals surface area contributed by atoms with Crippen LogP contribution < -0.4 is 16.0 Å². The number of nitrogens with two attached hydrogens (primary N) is 1. The van der Waals surface area contributed by atoms with Gasteiger partial charge >= 0.3 is 0 Å². The standard InChI is InChI=1S/C25H30N6O/c26-20-8-10-21(11-9-20)28-25-27-13-12-22(29-25)31-14-4-7-18-15-19(16-32)23(30-24(18)31)17-5-2-1-3-6-17/h1-3,5-6,12-13,15,20-21,32H,4,7-11,14,16,26H2,(H,27,28,29)/t20-,21-. The molecule has 0 amide bonds. The van der Waals surface area contributed by atoms with E-state index in [1.165, 1.54) is 0 Å². The van der Waals surface area contributed by atoms with Crippen LogP contribution >= 0.6 is 0 Å². The molecule has 0 unspecified atom stereocenters. The van der Waals surface area contributed by atoms with Crippen molar-refractivity contribution in [3.8, 4) is 11.3 Å². The van der Waals surface area contributed by atoms with Crippen molar-refractivity contribution >= 4 is 17.6 Å². The molecule has 0 radical (unpaired) electrons. The van der Waals surface area contributed by atoms with Crippen LogP contribution in [0.5, 0.6) is 0 Å². The van der Waals surface area contributed by atoms with Crippen LogP contribution in [-0.2, 0) is 13.0 Å². The highest BCUT2D eigenvalue weighted by molar-refractivity contribution is 5.70. The molecule has 3 aromatic rings. The van der Waals surface area contributed by atoms with Gasteiger partial charge < -0.3 is 21.1 Å². The molecule has 1 aliphatic heterocycles.